The van der Waals surface area contributed by atoms with Gasteiger partial charge < -0.3 is 9.72 Å². The Labute approximate surface area is 108 Å². The highest BCUT2D eigenvalue weighted by molar-refractivity contribution is 7.99. The van der Waals surface area contributed by atoms with Gasteiger partial charge in [0.25, 0.3) is 6.01 Å². The van der Waals surface area contributed by atoms with E-state index >= 15 is 0 Å². The monoisotopic (exact) mass is 258 g/mol. The highest BCUT2D eigenvalue weighted by Gasteiger charge is 2.07. The van der Waals surface area contributed by atoms with Crippen molar-refractivity contribution in [2.45, 2.75) is 10.1 Å². The molecule has 0 atom stereocenters. The summed E-state index contributed by atoms with van der Waals surface area (Å²) in [5.41, 5.74) is 1.38. The minimum atomic E-state index is 0.446. The van der Waals surface area contributed by atoms with E-state index < -0.39 is 0 Å². The van der Waals surface area contributed by atoms with Gasteiger partial charge in [0.2, 0.25) is 0 Å². The third kappa shape index (κ3) is 2.14. The molecule has 0 radical (unpaired) electrons. The fourth-order valence-corrected chi connectivity index (χ4v) is 2.25. The van der Waals surface area contributed by atoms with E-state index in [4.69, 9.17) is 4.74 Å². The maximum Gasteiger partial charge on any atom is 0.295 e. The number of fused-ring (bicyclic) bond motifs is 1. The molecule has 0 aliphatic heterocycles. The Bertz CT molecular complexity index is 668. The van der Waals surface area contributed by atoms with Crippen LogP contribution in [0.15, 0.2) is 46.6 Å². The summed E-state index contributed by atoms with van der Waals surface area (Å²) in [5, 5.41) is 0.669. The number of hydrogen-bond donors (Lipinski definition) is 1. The Morgan fingerprint density at radius 2 is 2.00 bits per heavy atom. The third-order valence-corrected chi connectivity index (χ3v) is 3.23. The molecule has 3 aromatic rings. The molecular formula is C12H10N4OS. The number of aromatic amines is 1. The van der Waals surface area contributed by atoms with Gasteiger partial charge >= 0.3 is 0 Å². The normalized spacial score (nSPS) is 10.7. The van der Waals surface area contributed by atoms with Crippen LogP contribution in [-0.4, -0.2) is 27.0 Å². The van der Waals surface area contributed by atoms with Gasteiger partial charge in [0, 0.05) is 4.90 Å². The van der Waals surface area contributed by atoms with E-state index in [0.717, 1.165) is 10.4 Å². The number of nitrogens with zero attached hydrogens (tertiary/aromatic N) is 3. The fraction of sp³-hybridized carbons (Fsp3) is 0.0833. The average Bonchev–Trinajstić information content (AvgIpc) is 2.82. The van der Waals surface area contributed by atoms with Crippen LogP contribution in [0.5, 0.6) is 6.01 Å². The van der Waals surface area contributed by atoms with Crippen molar-refractivity contribution in [3.8, 4) is 6.01 Å². The molecule has 2 aromatic heterocycles. The molecule has 1 aromatic carbocycles. The van der Waals surface area contributed by atoms with Gasteiger partial charge in [0.1, 0.15) is 5.52 Å². The predicted octanol–water partition coefficient (Wildman–Crippen LogP) is 2.51. The molecule has 0 aliphatic carbocycles. The van der Waals surface area contributed by atoms with Crippen LogP contribution in [0.25, 0.3) is 11.2 Å². The van der Waals surface area contributed by atoms with Crippen molar-refractivity contribution in [1.82, 2.24) is 19.9 Å². The lowest BCUT2D eigenvalue weighted by Gasteiger charge is -1.98. The molecule has 0 spiro atoms. The smallest absolute Gasteiger partial charge is 0.295 e. The first-order chi connectivity index (χ1) is 8.85. The summed E-state index contributed by atoms with van der Waals surface area (Å²) in [6.07, 6.45) is 1.71. The number of imidazole rings is 1. The van der Waals surface area contributed by atoms with Gasteiger partial charge in [-0.15, -0.1) is 0 Å². The fourth-order valence-electron chi connectivity index (χ4n) is 1.51. The quantitative estimate of drug-likeness (QED) is 0.731. The van der Waals surface area contributed by atoms with Crippen LogP contribution >= 0.6 is 11.8 Å². The highest BCUT2D eigenvalue weighted by atomic mass is 32.2. The first-order valence-electron chi connectivity index (χ1n) is 5.35. The van der Waals surface area contributed by atoms with E-state index in [9.17, 15) is 0 Å². The second-order valence-electron chi connectivity index (χ2n) is 3.55. The number of aromatic nitrogens is 4. The zero-order valence-electron chi connectivity index (χ0n) is 9.62. The minimum absolute atomic E-state index is 0.446. The molecule has 0 unspecified atom stereocenters. The Morgan fingerprint density at radius 3 is 2.78 bits per heavy atom. The van der Waals surface area contributed by atoms with Crippen molar-refractivity contribution in [3.05, 3.63) is 36.5 Å². The Kier molecular flexibility index (Phi) is 2.85. The minimum Gasteiger partial charge on any atom is -0.468 e. The summed E-state index contributed by atoms with van der Waals surface area (Å²) in [7, 11) is 1.56. The number of hydrogen-bond acceptors (Lipinski definition) is 5. The second-order valence-corrected chi connectivity index (χ2v) is 4.59. The summed E-state index contributed by atoms with van der Waals surface area (Å²) in [5.74, 6) is 0. The number of benzene rings is 1. The van der Waals surface area contributed by atoms with E-state index in [2.05, 4.69) is 19.9 Å². The van der Waals surface area contributed by atoms with E-state index in [-0.39, 0.29) is 0 Å². The van der Waals surface area contributed by atoms with Crippen LogP contribution in [0, 0.1) is 0 Å². The predicted molar refractivity (Wildman–Crippen MR) is 68.8 cm³/mol. The molecule has 2 heterocycles. The van der Waals surface area contributed by atoms with Gasteiger partial charge in [0.05, 0.1) is 13.3 Å². The summed E-state index contributed by atoms with van der Waals surface area (Å²) in [6, 6.07) is 10.4. The van der Waals surface area contributed by atoms with Crippen LogP contribution in [0.1, 0.15) is 0 Å². The van der Waals surface area contributed by atoms with Gasteiger partial charge in [-0.3, -0.25) is 0 Å². The van der Waals surface area contributed by atoms with Crippen molar-refractivity contribution in [2.24, 2.45) is 0 Å². The average molecular weight is 258 g/mol. The van der Waals surface area contributed by atoms with Crippen LogP contribution < -0.4 is 4.74 Å². The number of H-pyrrole nitrogens is 1. The van der Waals surface area contributed by atoms with Crippen molar-refractivity contribution in [1.29, 1.82) is 0 Å². The van der Waals surface area contributed by atoms with Crippen LogP contribution in [0.3, 0.4) is 0 Å². The summed E-state index contributed by atoms with van der Waals surface area (Å²) in [4.78, 5) is 16.9. The molecule has 3 rings (SSSR count). The first-order valence-corrected chi connectivity index (χ1v) is 6.16. The van der Waals surface area contributed by atoms with Gasteiger partial charge in [-0.1, -0.05) is 18.2 Å². The summed E-state index contributed by atoms with van der Waals surface area (Å²) >= 11 is 1.50. The van der Waals surface area contributed by atoms with Crippen LogP contribution in [-0.2, 0) is 0 Å². The standard InChI is InChI=1S/C12H10N4OS/c1-17-11-14-9-7-13-12(16-10(9)15-11)18-8-5-3-2-4-6-8/h2-7H,1H3,(H,13,14,15,16). The largest absolute Gasteiger partial charge is 0.468 e. The third-order valence-electron chi connectivity index (χ3n) is 2.34. The summed E-state index contributed by atoms with van der Waals surface area (Å²) in [6.45, 7) is 0. The zero-order chi connectivity index (χ0) is 12.4. The molecular weight excluding hydrogens is 248 g/mol. The molecule has 0 saturated carbocycles. The molecule has 0 saturated heterocycles. The molecule has 0 aliphatic rings. The maximum absolute atomic E-state index is 5.02. The molecule has 90 valence electrons. The van der Waals surface area contributed by atoms with Gasteiger partial charge in [0.15, 0.2) is 10.8 Å². The van der Waals surface area contributed by atoms with Crippen molar-refractivity contribution in [3.63, 3.8) is 0 Å². The van der Waals surface area contributed by atoms with E-state index in [0.29, 0.717) is 16.8 Å². The van der Waals surface area contributed by atoms with Crippen molar-refractivity contribution >= 4 is 22.9 Å². The topological polar surface area (TPSA) is 63.7 Å². The Hall–Kier alpha value is -2.08. The second kappa shape index (κ2) is 4.66. The number of nitrogens with one attached hydrogen (secondary N) is 1. The van der Waals surface area contributed by atoms with Crippen molar-refractivity contribution in [2.75, 3.05) is 7.11 Å². The van der Waals surface area contributed by atoms with E-state index in [1.807, 2.05) is 30.3 Å². The van der Waals surface area contributed by atoms with Gasteiger partial charge in [-0.2, -0.15) is 4.98 Å². The van der Waals surface area contributed by atoms with Crippen LogP contribution in [0.4, 0.5) is 0 Å². The number of ether oxygens (including phenoxy) is 1. The lowest BCUT2D eigenvalue weighted by Crippen LogP contribution is -1.86. The Balaban J connectivity index is 1.93. The highest BCUT2D eigenvalue weighted by Crippen LogP contribution is 2.25. The first kappa shape index (κ1) is 11.0. The maximum atomic E-state index is 5.02. The van der Waals surface area contributed by atoms with E-state index in [1.165, 1.54) is 11.8 Å². The lowest BCUT2D eigenvalue weighted by atomic mass is 10.4. The summed E-state index contributed by atoms with van der Waals surface area (Å²) < 4.78 is 5.02. The van der Waals surface area contributed by atoms with Gasteiger partial charge in [-0.05, 0) is 23.9 Å². The molecule has 1 N–H and O–H groups in total. The molecule has 6 heteroatoms. The van der Waals surface area contributed by atoms with E-state index in [1.54, 1.807) is 13.3 Å². The molecule has 0 amide bonds. The van der Waals surface area contributed by atoms with Crippen molar-refractivity contribution < 1.29 is 4.74 Å². The Morgan fingerprint density at radius 1 is 1.17 bits per heavy atom. The van der Waals surface area contributed by atoms with Gasteiger partial charge in [-0.25, -0.2) is 9.97 Å². The zero-order valence-corrected chi connectivity index (χ0v) is 10.4. The van der Waals surface area contributed by atoms with Crippen LogP contribution in [0.2, 0.25) is 0 Å². The molecule has 0 fully saturated rings. The molecule has 0 bridgehead atoms. The molecule has 5 nitrogen and oxygen atoms in total. The SMILES string of the molecule is COc1nc2nc(Sc3ccccc3)ncc2[nH]1. The molecule has 18 heavy (non-hydrogen) atoms. The lowest BCUT2D eigenvalue weighted by molar-refractivity contribution is 0.385. The number of rotatable bonds is 3. The number of methoxy groups -OCH3 is 1.